The van der Waals surface area contributed by atoms with Crippen molar-refractivity contribution in [3.63, 3.8) is 0 Å². The highest BCUT2D eigenvalue weighted by atomic mass is 32.1. The molecule has 1 aliphatic carbocycles. The molecule has 0 spiro atoms. The molecule has 5 rings (SSSR count). The maximum atomic E-state index is 13.2. The molecule has 0 amide bonds. The molecular formula is C23H26N6OS. The zero-order chi connectivity index (χ0) is 21.5. The van der Waals surface area contributed by atoms with Gasteiger partial charge in [-0.3, -0.25) is 9.89 Å². The van der Waals surface area contributed by atoms with Gasteiger partial charge in [0.2, 0.25) is 0 Å². The summed E-state index contributed by atoms with van der Waals surface area (Å²) in [7, 11) is 0. The third-order valence-corrected chi connectivity index (χ3v) is 7.04. The van der Waals surface area contributed by atoms with Crippen molar-refractivity contribution in [3.05, 3.63) is 68.6 Å². The number of ketones is 1. The van der Waals surface area contributed by atoms with E-state index in [9.17, 15) is 4.79 Å². The monoisotopic (exact) mass is 434 g/mol. The van der Waals surface area contributed by atoms with E-state index >= 15 is 0 Å². The summed E-state index contributed by atoms with van der Waals surface area (Å²) < 4.78 is 0. The lowest BCUT2D eigenvalue weighted by molar-refractivity contribution is -0.112. The quantitative estimate of drug-likeness (QED) is 0.647. The number of allylic oxidation sites excluding steroid dienone is 2. The number of Topliss-reactive ketones (excluding diaryl/α,β-unsaturated/α-hetero) is 1. The van der Waals surface area contributed by atoms with E-state index in [2.05, 4.69) is 63.9 Å². The summed E-state index contributed by atoms with van der Waals surface area (Å²) in [5, 5.41) is 17.5. The first-order valence-corrected chi connectivity index (χ1v) is 11.6. The minimum Gasteiger partial charge on any atom is -0.374 e. The molecule has 4 heterocycles. The van der Waals surface area contributed by atoms with E-state index in [-0.39, 0.29) is 30.2 Å². The van der Waals surface area contributed by atoms with Crippen LogP contribution in [-0.4, -0.2) is 32.7 Å². The number of nitrogens with zero attached hydrogens (tertiary/aromatic N) is 3. The molecule has 7 nitrogen and oxygen atoms in total. The van der Waals surface area contributed by atoms with E-state index in [0.717, 1.165) is 29.9 Å². The van der Waals surface area contributed by atoms with E-state index < -0.39 is 0 Å². The van der Waals surface area contributed by atoms with E-state index in [4.69, 9.17) is 0 Å². The van der Waals surface area contributed by atoms with Crippen LogP contribution in [0.3, 0.4) is 0 Å². The van der Waals surface area contributed by atoms with Crippen LogP contribution >= 0.6 is 11.3 Å². The first-order chi connectivity index (χ1) is 15.1. The predicted octanol–water partition coefficient (Wildman–Crippen LogP) is 3.52. The molecule has 2 aromatic heterocycles. The van der Waals surface area contributed by atoms with Crippen LogP contribution in [-0.2, 0) is 11.2 Å². The average molecular weight is 435 g/mol. The highest BCUT2D eigenvalue weighted by molar-refractivity contribution is 7.07. The molecule has 0 fully saturated rings. The standard InChI is InChI=1S/C23H26N6OS/c1-4-5-15-12(2)20-17(26-22(15)16-9-25-27-13(16)3)6-7-18-21(20)23(29-28-18)19(30)8-14-10-31-11-24-14/h6-7,9-11,18,21-22,26,28H,4-5,8H2,1-3H3,(H,25,27). The van der Waals surface area contributed by atoms with Crippen LogP contribution in [0.25, 0.3) is 0 Å². The Balaban J connectivity index is 1.53. The van der Waals surface area contributed by atoms with E-state index in [1.807, 2.05) is 11.6 Å². The Labute approximate surface area is 185 Å². The van der Waals surface area contributed by atoms with Crippen molar-refractivity contribution in [3.8, 4) is 0 Å². The molecule has 3 N–H and O–H groups in total. The second kappa shape index (κ2) is 7.92. The summed E-state index contributed by atoms with van der Waals surface area (Å²) >= 11 is 1.51. The van der Waals surface area contributed by atoms with Crippen LogP contribution in [0, 0.1) is 12.8 Å². The number of thiazole rings is 1. The first-order valence-electron chi connectivity index (χ1n) is 10.7. The smallest absolute Gasteiger partial charge is 0.185 e. The van der Waals surface area contributed by atoms with Crippen molar-refractivity contribution in [1.82, 2.24) is 25.9 Å². The molecule has 8 heteroatoms. The maximum absolute atomic E-state index is 13.2. The minimum absolute atomic E-state index is 0.0000261. The number of aromatic amines is 1. The molecule has 0 aromatic carbocycles. The van der Waals surface area contributed by atoms with Gasteiger partial charge >= 0.3 is 0 Å². The molecule has 0 saturated heterocycles. The molecule has 160 valence electrons. The van der Waals surface area contributed by atoms with Gasteiger partial charge in [0, 0.05) is 22.3 Å². The fourth-order valence-electron chi connectivity index (χ4n) is 4.91. The number of H-pyrrole nitrogens is 1. The molecular weight excluding hydrogens is 408 g/mol. The van der Waals surface area contributed by atoms with Crippen LogP contribution in [0.2, 0.25) is 0 Å². The van der Waals surface area contributed by atoms with Crippen LogP contribution in [0.4, 0.5) is 0 Å². The second-order valence-corrected chi connectivity index (χ2v) is 9.04. The largest absolute Gasteiger partial charge is 0.374 e. The highest BCUT2D eigenvalue weighted by Gasteiger charge is 2.43. The predicted molar refractivity (Wildman–Crippen MR) is 122 cm³/mol. The summed E-state index contributed by atoms with van der Waals surface area (Å²) in [6, 6.07) is 0.0825. The number of dihydropyridines is 1. The van der Waals surface area contributed by atoms with Gasteiger partial charge < -0.3 is 10.7 Å². The van der Waals surface area contributed by atoms with E-state index in [1.165, 1.54) is 33.6 Å². The summed E-state index contributed by atoms with van der Waals surface area (Å²) in [5.74, 6) is -0.0532. The summed E-state index contributed by atoms with van der Waals surface area (Å²) in [6.07, 6.45) is 8.48. The number of nitrogens with one attached hydrogen (secondary N) is 3. The minimum atomic E-state index is -0.0862. The second-order valence-electron chi connectivity index (χ2n) is 8.32. The topological polar surface area (TPSA) is 95.1 Å². The number of carbonyl (C=O) groups is 1. The van der Waals surface area contributed by atoms with Gasteiger partial charge in [-0.25, -0.2) is 4.98 Å². The molecule has 3 unspecified atom stereocenters. The van der Waals surface area contributed by atoms with Crippen molar-refractivity contribution in [1.29, 1.82) is 0 Å². The molecule has 0 saturated carbocycles. The zero-order valence-electron chi connectivity index (χ0n) is 17.9. The van der Waals surface area contributed by atoms with E-state index in [0.29, 0.717) is 5.71 Å². The van der Waals surface area contributed by atoms with Crippen molar-refractivity contribution < 1.29 is 4.79 Å². The Bertz CT molecular complexity index is 1140. The van der Waals surface area contributed by atoms with Crippen LogP contribution in [0.5, 0.6) is 0 Å². The Morgan fingerprint density at radius 2 is 2.16 bits per heavy atom. The lowest BCUT2D eigenvalue weighted by Crippen LogP contribution is -2.40. The zero-order valence-corrected chi connectivity index (χ0v) is 18.7. The molecule has 31 heavy (non-hydrogen) atoms. The van der Waals surface area contributed by atoms with Gasteiger partial charge in [-0.15, -0.1) is 11.3 Å². The molecule has 3 aliphatic rings. The summed E-state index contributed by atoms with van der Waals surface area (Å²) in [6.45, 7) is 6.46. The number of fused-ring (bicyclic) bond motifs is 2. The first kappa shape index (κ1) is 19.9. The molecule has 2 aromatic rings. The van der Waals surface area contributed by atoms with Gasteiger partial charge in [0.15, 0.2) is 5.78 Å². The van der Waals surface area contributed by atoms with Gasteiger partial charge in [0.05, 0.1) is 41.8 Å². The van der Waals surface area contributed by atoms with Gasteiger partial charge in [-0.05, 0) is 43.1 Å². The van der Waals surface area contributed by atoms with Crippen molar-refractivity contribution in [2.24, 2.45) is 11.0 Å². The normalized spacial score (nSPS) is 24.5. The summed E-state index contributed by atoms with van der Waals surface area (Å²) in [5.41, 5.74) is 13.5. The van der Waals surface area contributed by atoms with Gasteiger partial charge in [-0.2, -0.15) is 10.2 Å². The van der Waals surface area contributed by atoms with Crippen LogP contribution in [0.1, 0.15) is 49.7 Å². The SMILES string of the molecule is CCCC1=C(C)C2=C(C=CC3NN=C(C(=O)Cc4cscn4)C23)NC1c1cn[nH]c1C. The fourth-order valence-corrected chi connectivity index (χ4v) is 5.47. The number of hydrogen-bond acceptors (Lipinski definition) is 7. The number of hydrogen-bond donors (Lipinski definition) is 3. The van der Waals surface area contributed by atoms with Crippen molar-refractivity contribution in [2.45, 2.75) is 52.1 Å². The van der Waals surface area contributed by atoms with Crippen LogP contribution in [0.15, 0.2) is 56.8 Å². The van der Waals surface area contributed by atoms with Gasteiger partial charge in [-0.1, -0.05) is 19.4 Å². The Kier molecular flexibility index (Phi) is 5.09. The van der Waals surface area contributed by atoms with E-state index in [1.54, 1.807) is 5.51 Å². The molecule has 3 atom stereocenters. The third kappa shape index (κ3) is 3.35. The Hall–Kier alpha value is -3.00. The third-order valence-electron chi connectivity index (χ3n) is 6.40. The lowest BCUT2D eigenvalue weighted by atomic mass is 9.73. The lowest BCUT2D eigenvalue weighted by Gasteiger charge is -2.37. The summed E-state index contributed by atoms with van der Waals surface area (Å²) in [4.78, 5) is 17.4. The number of carbonyl (C=O) groups excluding carboxylic acids is 1. The maximum Gasteiger partial charge on any atom is 0.185 e. The van der Waals surface area contributed by atoms with Crippen molar-refractivity contribution >= 4 is 22.8 Å². The fraction of sp³-hybridized carbons (Fsp3) is 0.391. The Morgan fingerprint density at radius 3 is 2.87 bits per heavy atom. The molecule has 0 radical (unpaired) electrons. The van der Waals surface area contributed by atoms with Crippen molar-refractivity contribution in [2.75, 3.05) is 0 Å². The highest BCUT2D eigenvalue weighted by Crippen LogP contribution is 2.43. The molecule has 2 aliphatic heterocycles. The number of aromatic nitrogens is 3. The molecule has 0 bridgehead atoms. The Morgan fingerprint density at radius 1 is 1.29 bits per heavy atom. The van der Waals surface area contributed by atoms with Gasteiger partial charge in [0.25, 0.3) is 0 Å². The number of rotatable bonds is 6. The van der Waals surface area contributed by atoms with Crippen LogP contribution < -0.4 is 10.7 Å². The number of hydrazone groups is 1. The average Bonchev–Trinajstić information content (AvgIpc) is 3.50. The number of aryl methyl sites for hydroxylation is 1. The van der Waals surface area contributed by atoms with Gasteiger partial charge in [0.1, 0.15) is 5.71 Å².